The summed E-state index contributed by atoms with van der Waals surface area (Å²) >= 11 is 3.76. The van der Waals surface area contributed by atoms with Crippen LogP contribution in [0.5, 0.6) is 0 Å². The second-order valence-corrected chi connectivity index (χ2v) is 11.6. The fraction of sp³-hybridized carbons (Fsp3) is 0.727. The van der Waals surface area contributed by atoms with Crippen molar-refractivity contribution in [3.63, 3.8) is 0 Å². The van der Waals surface area contributed by atoms with E-state index in [0.29, 0.717) is 6.42 Å². The van der Waals surface area contributed by atoms with Crippen molar-refractivity contribution in [1.82, 2.24) is 0 Å². The smallest absolute Gasteiger partial charge is 0.393 e. The average molecular weight is 716 g/mol. The number of anilines is 1. The first-order valence-corrected chi connectivity index (χ1v) is 12.9. The average Bonchev–Trinajstić information content (AvgIpc) is 3.18. The zero-order valence-corrected chi connectivity index (χ0v) is 23.4. The van der Waals surface area contributed by atoms with Crippen molar-refractivity contribution in [3.05, 3.63) is 16.0 Å². The molecule has 1 aromatic heterocycles. The van der Waals surface area contributed by atoms with Gasteiger partial charge in [-0.05, 0) is 56.2 Å². The van der Waals surface area contributed by atoms with Gasteiger partial charge in [-0.25, -0.2) is 4.79 Å². The third kappa shape index (κ3) is 5.56. The molecule has 0 radical (unpaired) electrons. The molecule has 1 aliphatic carbocycles. The topological polar surface area (TPSA) is 55.4 Å². The summed E-state index contributed by atoms with van der Waals surface area (Å²) in [6.07, 6.45) is -0.453. The first-order valence-electron chi connectivity index (χ1n) is 11.7. The van der Waals surface area contributed by atoms with Crippen LogP contribution in [0.1, 0.15) is 48.0 Å². The molecule has 0 saturated carbocycles. The molecule has 254 valence electrons. The molecule has 22 heteroatoms. The van der Waals surface area contributed by atoms with Crippen molar-refractivity contribution < 1.29 is 84.6 Å². The molecule has 1 aliphatic rings. The third-order valence-corrected chi connectivity index (χ3v) is 7.70. The van der Waals surface area contributed by atoms with E-state index in [1.54, 1.807) is 6.92 Å². The van der Waals surface area contributed by atoms with Gasteiger partial charge in [0.15, 0.2) is 0 Å². The highest BCUT2D eigenvalue weighted by molar-refractivity contribution is 7.17. The lowest BCUT2D eigenvalue weighted by molar-refractivity contribution is -0.445. The standard InChI is InChI=1S/C22H18ClF16NO3S/c1-7(2)43-13(41)11-9-5-4-8(3)6-10(9)44-12(11)40-14(42)15(24,25)16(26,27)17(28,29)18(30,31)19(32,33)20(34,35)21(36,37)22(23,38)39/h7-8H,4-6H2,1-3H3,(H,40,42). The van der Waals surface area contributed by atoms with Gasteiger partial charge in [-0.2, -0.15) is 70.2 Å². The van der Waals surface area contributed by atoms with Crippen molar-refractivity contribution in [3.8, 4) is 0 Å². The number of esters is 1. The molecule has 1 unspecified atom stereocenters. The number of carbonyl (C=O) groups is 2. The number of ether oxygens (including phenoxy) is 1. The summed E-state index contributed by atoms with van der Waals surface area (Å²) in [4.78, 5) is 24.9. The van der Waals surface area contributed by atoms with Gasteiger partial charge in [0, 0.05) is 4.88 Å². The Morgan fingerprint density at radius 1 is 0.795 bits per heavy atom. The summed E-state index contributed by atoms with van der Waals surface area (Å²) in [6.45, 7) is 4.25. The molecule has 0 spiro atoms. The molecule has 1 aromatic rings. The van der Waals surface area contributed by atoms with Gasteiger partial charge in [0.1, 0.15) is 5.00 Å². The van der Waals surface area contributed by atoms with E-state index in [2.05, 4.69) is 11.6 Å². The molecule has 44 heavy (non-hydrogen) atoms. The maximum atomic E-state index is 14.5. The van der Waals surface area contributed by atoms with E-state index >= 15 is 0 Å². The summed E-state index contributed by atoms with van der Waals surface area (Å²) in [5, 5.41) is -7.04. The zero-order chi connectivity index (χ0) is 34.9. The highest BCUT2D eigenvalue weighted by Gasteiger charge is 2.95. The van der Waals surface area contributed by atoms with E-state index < -0.39 is 75.4 Å². The molecule has 1 atom stereocenters. The van der Waals surface area contributed by atoms with Crippen LogP contribution in [-0.2, 0) is 22.4 Å². The molecule has 2 rings (SSSR count). The molecule has 0 fully saturated rings. The summed E-state index contributed by atoms with van der Waals surface area (Å²) in [7, 11) is 0. The van der Waals surface area contributed by atoms with E-state index in [9.17, 15) is 79.8 Å². The van der Waals surface area contributed by atoms with Crippen LogP contribution in [-0.4, -0.2) is 64.8 Å². The molecule has 4 nitrogen and oxygen atoms in total. The Kier molecular flexibility index (Phi) is 9.72. The van der Waals surface area contributed by atoms with E-state index in [4.69, 9.17) is 4.74 Å². The summed E-state index contributed by atoms with van der Waals surface area (Å²) in [5.74, 6) is -62.7. The first kappa shape index (κ1) is 38.0. The van der Waals surface area contributed by atoms with Gasteiger partial charge in [0.25, 0.3) is 0 Å². The Labute approximate surface area is 245 Å². The SMILES string of the molecule is CC1CCc2c(sc(NC(=O)C(F)(F)C(F)(F)C(F)(F)C(F)(F)C(F)(F)C(F)(F)C(F)(F)C(F)(F)Cl)c2C(=O)OC(C)C)C1. The van der Waals surface area contributed by atoms with Gasteiger partial charge < -0.3 is 10.1 Å². The van der Waals surface area contributed by atoms with Crippen LogP contribution in [0.3, 0.4) is 0 Å². The zero-order valence-electron chi connectivity index (χ0n) is 21.8. The van der Waals surface area contributed by atoms with E-state index in [-0.39, 0.29) is 40.5 Å². The highest BCUT2D eigenvalue weighted by atomic mass is 35.5. The Bertz CT molecular complexity index is 1270. The number of thiophene rings is 1. The van der Waals surface area contributed by atoms with Crippen molar-refractivity contribution in [2.75, 3.05) is 5.32 Å². The van der Waals surface area contributed by atoms with Crippen molar-refractivity contribution in [2.24, 2.45) is 5.92 Å². The molecule has 0 saturated heterocycles. The molecular formula is C22H18ClF16NO3S. The van der Waals surface area contributed by atoms with Gasteiger partial charge in [-0.1, -0.05) is 6.92 Å². The predicted molar refractivity (Wildman–Crippen MR) is 120 cm³/mol. The fourth-order valence-electron chi connectivity index (χ4n) is 3.82. The quantitative estimate of drug-likeness (QED) is 0.142. The number of hydrogen-bond donors (Lipinski definition) is 1. The Balaban J connectivity index is 2.60. The van der Waals surface area contributed by atoms with Crippen LogP contribution in [0, 0.1) is 5.92 Å². The number of fused-ring (bicyclic) bond motifs is 1. The molecule has 0 aromatic carbocycles. The number of carbonyl (C=O) groups excluding carboxylic acids is 2. The van der Waals surface area contributed by atoms with Gasteiger partial charge in [-0.3, -0.25) is 4.79 Å². The van der Waals surface area contributed by atoms with Crippen molar-refractivity contribution in [1.29, 1.82) is 0 Å². The van der Waals surface area contributed by atoms with Crippen LogP contribution in [0.2, 0.25) is 0 Å². The van der Waals surface area contributed by atoms with E-state index in [1.807, 2.05) is 0 Å². The normalized spacial score (nSPS) is 17.9. The lowest BCUT2D eigenvalue weighted by atomic mass is 9.88. The Morgan fingerprint density at radius 3 is 1.66 bits per heavy atom. The Morgan fingerprint density at radius 2 is 1.23 bits per heavy atom. The number of halogens is 17. The van der Waals surface area contributed by atoms with Crippen LogP contribution in [0.15, 0.2) is 0 Å². The van der Waals surface area contributed by atoms with Crippen LogP contribution < -0.4 is 5.32 Å². The minimum Gasteiger partial charge on any atom is -0.459 e. The first-order chi connectivity index (χ1) is 19.3. The van der Waals surface area contributed by atoms with Crippen molar-refractivity contribution >= 4 is 39.8 Å². The van der Waals surface area contributed by atoms with Crippen molar-refractivity contribution in [2.45, 2.75) is 93.0 Å². The number of rotatable bonds is 11. The van der Waals surface area contributed by atoms with Gasteiger partial charge in [0.05, 0.1) is 11.7 Å². The fourth-order valence-corrected chi connectivity index (χ4v) is 5.33. The van der Waals surface area contributed by atoms with Gasteiger partial charge >= 0.3 is 58.7 Å². The summed E-state index contributed by atoms with van der Waals surface area (Å²) in [5.41, 5.74) is -0.689. The number of amides is 1. The van der Waals surface area contributed by atoms with Crippen LogP contribution >= 0.6 is 22.9 Å². The molecule has 1 heterocycles. The highest BCUT2D eigenvalue weighted by Crippen LogP contribution is 2.64. The second-order valence-electron chi connectivity index (χ2n) is 9.98. The molecular weight excluding hydrogens is 698 g/mol. The minimum absolute atomic E-state index is 0.0114. The summed E-state index contributed by atoms with van der Waals surface area (Å²) < 4.78 is 225. The van der Waals surface area contributed by atoms with Gasteiger partial charge in [-0.15, -0.1) is 11.3 Å². The third-order valence-electron chi connectivity index (χ3n) is 6.29. The van der Waals surface area contributed by atoms with E-state index in [1.165, 1.54) is 13.8 Å². The number of alkyl halides is 17. The molecule has 0 aliphatic heterocycles. The van der Waals surface area contributed by atoms with Gasteiger partial charge in [0.2, 0.25) is 0 Å². The summed E-state index contributed by atoms with van der Waals surface area (Å²) in [6, 6.07) is 0. The maximum Gasteiger partial charge on any atom is 0.393 e. The largest absolute Gasteiger partial charge is 0.459 e. The maximum absolute atomic E-state index is 14.5. The van der Waals surface area contributed by atoms with Crippen LogP contribution in [0.25, 0.3) is 0 Å². The number of nitrogens with one attached hydrogen (secondary N) is 1. The lowest BCUT2D eigenvalue weighted by Gasteiger charge is -2.42. The second kappa shape index (κ2) is 11.3. The predicted octanol–water partition coefficient (Wildman–Crippen LogP) is 8.66. The lowest BCUT2D eigenvalue weighted by Crippen LogP contribution is -2.75. The molecule has 1 amide bonds. The van der Waals surface area contributed by atoms with Crippen LogP contribution in [0.4, 0.5) is 75.2 Å². The monoisotopic (exact) mass is 715 g/mol. The minimum atomic E-state index is -8.70. The molecule has 0 bridgehead atoms. The molecule has 1 N–H and O–H groups in total. The Hall–Kier alpha value is -2.19. The number of hydrogen-bond acceptors (Lipinski definition) is 4. The van der Waals surface area contributed by atoms with E-state index in [0.717, 1.165) is 5.32 Å².